The van der Waals surface area contributed by atoms with E-state index in [1.807, 2.05) is 42.5 Å². The first kappa shape index (κ1) is 20.8. The molecule has 32 heavy (non-hydrogen) atoms. The highest BCUT2D eigenvalue weighted by Crippen LogP contribution is 2.29. The Kier molecular flexibility index (Phi) is 5.97. The second-order valence-electron chi connectivity index (χ2n) is 7.36. The zero-order valence-corrected chi connectivity index (χ0v) is 18.9. The minimum atomic E-state index is 0.433. The van der Waals surface area contributed by atoms with Crippen LogP contribution >= 0.6 is 23.4 Å². The highest BCUT2D eigenvalue weighted by atomic mass is 35.5. The predicted octanol–water partition coefficient (Wildman–Crippen LogP) is 4.15. The summed E-state index contributed by atoms with van der Waals surface area (Å²) in [5.74, 6) is 2.38. The standard InChI is InChI=1S/C21H21ClN8OS/c1-29-8-10-30(11-9-29)20-24-19(23-18-13-16(27-28-18)17-3-2-12-31-17)25-21(26-20)32-15-6-4-14(22)5-7-15/h2-7,12-13H,8-11H2,1H3,(H2,23,24,25,26,27,28). The van der Waals surface area contributed by atoms with Crippen LogP contribution in [0.15, 0.2) is 63.2 Å². The lowest BCUT2D eigenvalue weighted by molar-refractivity contribution is 0.311. The van der Waals surface area contributed by atoms with E-state index in [1.165, 1.54) is 11.8 Å². The Morgan fingerprint density at radius 3 is 2.62 bits per heavy atom. The highest BCUT2D eigenvalue weighted by molar-refractivity contribution is 7.99. The van der Waals surface area contributed by atoms with Crippen molar-refractivity contribution in [3.63, 3.8) is 0 Å². The van der Waals surface area contributed by atoms with E-state index >= 15 is 0 Å². The summed E-state index contributed by atoms with van der Waals surface area (Å²) < 4.78 is 5.42. The van der Waals surface area contributed by atoms with E-state index in [1.54, 1.807) is 6.26 Å². The van der Waals surface area contributed by atoms with Crippen molar-refractivity contribution in [3.8, 4) is 11.5 Å². The number of likely N-dealkylation sites (N-methyl/N-ethyl adjacent to an activating group) is 1. The second kappa shape index (κ2) is 9.19. The summed E-state index contributed by atoms with van der Waals surface area (Å²) in [4.78, 5) is 19.5. The van der Waals surface area contributed by atoms with E-state index in [-0.39, 0.29) is 0 Å². The molecule has 1 fully saturated rings. The number of nitrogens with zero attached hydrogens (tertiary/aromatic N) is 6. The number of aromatic amines is 1. The van der Waals surface area contributed by atoms with Gasteiger partial charge in [0.2, 0.25) is 11.9 Å². The Hall–Kier alpha value is -3.08. The van der Waals surface area contributed by atoms with Gasteiger partial charge in [0, 0.05) is 42.2 Å². The molecule has 4 aromatic rings. The quantitative estimate of drug-likeness (QED) is 0.432. The van der Waals surface area contributed by atoms with E-state index in [4.69, 9.17) is 21.0 Å². The van der Waals surface area contributed by atoms with Gasteiger partial charge in [0.1, 0.15) is 5.69 Å². The van der Waals surface area contributed by atoms with Gasteiger partial charge in [-0.1, -0.05) is 11.6 Å². The van der Waals surface area contributed by atoms with Crippen molar-refractivity contribution in [2.75, 3.05) is 43.4 Å². The highest BCUT2D eigenvalue weighted by Gasteiger charge is 2.19. The lowest BCUT2D eigenvalue weighted by Gasteiger charge is -2.32. The molecule has 4 heterocycles. The molecular weight excluding hydrogens is 448 g/mol. The van der Waals surface area contributed by atoms with Gasteiger partial charge in [-0.25, -0.2) is 0 Å². The van der Waals surface area contributed by atoms with E-state index in [9.17, 15) is 0 Å². The maximum absolute atomic E-state index is 6.02. The van der Waals surface area contributed by atoms with Crippen LogP contribution in [0, 0.1) is 0 Å². The Morgan fingerprint density at radius 2 is 1.88 bits per heavy atom. The number of hydrogen-bond donors (Lipinski definition) is 2. The SMILES string of the molecule is CN1CCN(c2nc(Nc3cc(-c4ccco4)[nH]n3)nc(Sc3ccc(Cl)cc3)n2)CC1. The van der Waals surface area contributed by atoms with Gasteiger partial charge in [0.05, 0.1) is 6.26 Å². The first-order valence-corrected chi connectivity index (χ1v) is 11.3. The molecule has 1 aliphatic heterocycles. The smallest absolute Gasteiger partial charge is 0.234 e. The summed E-state index contributed by atoms with van der Waals surface area (Å²) in [6.07, 6.45) is 1.62. The number of rotatable bonds is 6. The minimum Gasteiger partial charge on any atom is -0.463 e. The lowest BCUT2D eigenvalue weighted by Crippen LogP contribution is -2.45. The lowest BCUT2D eigenvalue weighted by atomic mass is 10.3. The average Bonchev–Trinajstić information content (AvgIpc) is 3.48. The van der Waals surface area contributed by atoms with E-state index in [0.29, 0.717) is 33.7 Å². The third-order valence-electron chi connectivity index (χ3n) is 5.02. The number of H-pyrrole nitrogens is 1. The molecule has 2 N–H and O–H groups in total. The van der Waals surface area contributed by atoms with Crippen LogP contribution < -0.4 is 10.2 Å². The fourth-order valence-electron chi connectivity index (χ4n) is 3.26. The third-order valence-corrected chi connectivity index (χ3v) is 6.14. The van der Waals surface area contributed by atoms with Gasteiger partial charge in [-0.2, -0.15) is 20.1 Å². The van der Waals surface area contributed by atoms with Crippen molar-refractivity contribution in [2.45, 2.75) is 10.1 Å². The zero-order chi connectivity index (χ0) is 21.9. The van der Waals surface area contributed by atoms with Crippen LogP contribution in [0.2, 0.25) is 5.02 Å². The Labute approximate surface area is 194 Å². The van der Waals surface area contributed by atoms with Gasteiger partial charge in [-0.15, -0.1) is 0 Å². The van der Waals surface area contributed by atoms with Crippen LogP contribution in [0.1, 0.15) is 0 Å². The van der Waals surface area contributed by atoms with E-state index in [0.717, 1.165) is 36.8 Å². The molecule has 5 rings (SSSR count). The molecule has 0 aliphatic carbocycles. The molecule has 0 unspecified atom stereocenters. The Morgan fingerprint density at radius 1 is 1.06 bits per heavy atom. The number of piperazine rings is 1. The monoisotopic (exact) mass is 468 g/mol. The molecule has 1 saturated heterocycles. The molecule has 164 valence electrons. The summed E-state index contributed by atoms with van der Waals surface area (Å²) in [5, 5.41) is 11.7. The summed E-state index contributed by atoms with van der Waals surface area (Å²) >= 11 is 7.48. The molecule has 0 radical (unpaired) electrons. The molecule has 3 aromatic heterocycles. The van der Waals surface area contributed by atoms with Crippen molar-refractivity contribution < 1.29 is 4.42 Å². The van der Waals surface area contributed by atoms with Gasteiger partial charge in [-0.05, 0) is 55.2 Å². The predicted molar refractivity (Wildman–Crippen MR) is 125 cm³/mol. The average molecular weight is 469 g/mol. The van der Waals surface area contributed by atoms with Gasteiger partial charge in [-0.3, -0.25) is 5.10 Å². The van der Waals surface area contributed by atoms with Crippen LogP contribution in [0.4, 0.5) is 17.7 Å². The van der Waals surface area contributed by atoms with Crippen molar-refractivity contribution in [1.29, 1.82) is 0 Å². The van der Waals surface area contributed by atoms with Gasteiger partial charge in [0.25, 0.3) is 0 Å². The second-order valence-corrected chi connectivity index (χ2v) is 8.83. The molecule has 9 nitrogen and oxygen atoms in total. The Bertz CT molecular complexity index is 1170. The maximum Gasteiger partial charge on any atom is 0.234 e. The van der Waals surface area contributed by atoms with Crippen molar-refractivity contribution in [2.24, 2.45) is 0 Å². The van der Waals surface area contributed by atoms with Crippen LogP contribution in [0.5, 0.6) is 0 Å². The third kappa shape index (κ3) is 4.87. The van der Waals surface area contributed by atoms with Crippen molar-refractivity contribution >= 4 is 41.1 Å². The molecule has 11 heteroatoms. The summed E-state index contributed by atoms with van der Waals surface area (Å²) in [6.45, 7) is 3.63. The van der Waals surface area contributed by atoms with E-state index in [2.05, 4.69) is 42.3 Å². The fraction of sp³-hybridized carbons (Fsp3) is 0.238. The zero-order valence-electron chi connectivity index (χ0n) is 17.3. The van der Waals surface area contributed by atoms with E-state index < -0.39 is 0 Å². The van der Waals surface area contributed by atoms with Crippen LogP contribution in [-0.4, -0.2) is 63.3 Å². The number of halogens is 1. The fourth-order valence-corrected chi connectivity index (χ4v) is 4.13. The number of hydrogen-bond acceptors (Lipinski definition) is 9. The molecule has 0 amide bonds. The van der Waals surface area contributed by atoms with Crippen LogP contribution in [0.3, 0.4) is 0 Å². The minimum absolute atomic E-state index is 0.433. The topological polar surface area (TPSA) is 99.0 Å². The number of aromatic nitrogens is 5. The van der Waals surface area contributed by atoms with Crippen molar-refractivity contribution in [3.05, 3.63) is 53.8 Å². The molecule has 0 spiro atoms. The Balaban J connectivity index is 1.42. The largest absolute Gasteiger partial charge is 0.463 e. The number of anilines is 3. The molecular formula is C21H21ClN8OS. The van der Waals surface area contributed by atoms with Gasteiger partial charge in [0.15, 0.2) is 16.7 Å². The first-order valence-electron chi connectivity index (χ1n) is 10.1. The number of furan rings is 1. The summed E-state index contributed by atoms with van der Waals surface area (Å²) in [5.41, 5.74) is 0.765. The van der Waals surface area contributed by atoms with Gasteiger partial charge < -0.3 is 19.5 Å². The van der Waals surface area contributed by atoms with Crippen LogP contribution in [-0.2, 0) is 0 Å². The van der Waals surface area contributed by atoms with Gasteiger partial charge >= 0.3 is 0 Å². The normalized spacial score (nSPS) is 14.6. The number of benzene rings is 1. The maximum atomic E-state index is 6.02. The first-order chi connectivity index (χ1) is 15.6. The summed E-state index contributed by atoms with van der Waals surface area (Å²) in [6, 6.07) is 13.1. The molecule has 0 bridgehead atoms. The van der Waals surface area contributed by atoms with Crippen LogP contribution in [0.25, 0.3) is 11.5 Å². The molecule has 1 aliphatic rings. The molecule has 0 saturated carbocycles. The molecule has 0 atom stereocenters. The summed E-state index contributed by atoms with van der Waals surface area (Å²) in [7, 11) is 2.12. The molecule has 1 aromatic carbocycles. The number of nitrogens with one attached hydrogen (secondary N) is 2. The van der Waals surface area contributed by atoms with Crippen molar-refractivity contribution in [1.82, 2.24) is 30.0 Å².